The lowest BCUT2D eigenvalue weighted by atomic mass is 10.3. The summed E-state index contributed by atoms with van der Waals surface area (Å²) in [4.78, 5) is 1.50. The van der Waals surface area contributed by atoms with Gasteiger partial charge in [0.2, 0.25) is 0 Å². The van der Waals surface area contributed by atoms with Gasteiger partial charge in [0.05, 0.1) is 18.1 Å². The molecule has 0 atom stereocenters. The monoisotopic (exact) mass is 191 g/mol. The zero-order valence-corrected chi connectivity index (χ0v) is 9.07. The molecule has 0 spiro atoms. The minimum Gasteiger partial charge on any atom is -0.157 e. The first kappa shape index (κ1) is 12.4. The Kier molecular flexibility index (Phi) is 6.03. The predicted molar refractivity (Wildman–Crippen MR) is 60.7 cm³/mol. The number of hydrogen-bond acceptors (Lipinski definition) is 2. The van der Waals surface area contributed by atoms with Crippen molar-refractivity contribution in [3.05, 3.63) is 43.3 Å². The maximum atomic E-state index is 3.97. The zero-order chi connectivity index (χ0) is 11.0. The van der Waals surface area contributed by atoms with Gasteiger partial charge in [0.1, 0.15) is 0 Å². The van der Waals surface area contributed by atoms with Crippen molar-refractivity contribution in [2.24, 2.45) is 0 Å². The Labute approximate surface area is 85.4 Å². The van der Waals surface area contributed by atoms with Gasteiger partial charge < -0.3 is 0 Å². The maximum absolute atomic E-state index is 3.97. The maximum Gasteiger partial charge on any atom is 0.0853 e. The van der Waals surface area contributed by atoms with Crippen LogP contribution >= 0.6 is 0 Å². The standard InChI is InChI=1S/C9H11N3.C2H6/c1-4-9(7-8(2)3)12-10-5-6-11-12;1-2/h4-7H,1-2H2,3H3;1-2H3/b9-7+;. The zero-order valence-electron chi connectivity index (χ0n) is 9.07. The van der Waals surface area contributed by atoms with Crippen LogP contribution in [-0.2, 0) is 0 Å². The molecule has 0 radical (unpaired) electrons. The van der Waals surface area contributed by atoms with Gasteiger partial charge in [0.15, 0.2) is 0 Å². The number of hydrogen-bond donors (Lipinski definition) is 0. The largest absolute Gasteiger partial charge is 0.157 e. The number of aromatic nitrogens is 3. The van der Waals surface area contributed by atoms with Gasteiger partial charge in [-0.05, 0) is 19.1 Å². The summed E-state index contributed by atoms with van der Waals surface area (Å²) in [5.74, 6) is 0. The van der Waals surface area contributed by atoms with Crippen LogP contribution in [0.25, 0.3) is 5.70 Å². The molecule has 14 heavy (non-hydrogen) atoms. The van der Waals surface area contributed by atoms with E-state index in [9.17, 15) is 0 Å². The third kappa shape index (κ3) is 3.85. The molecule has 0 aliphatic carbocycles. The minimum atomic E-state index is 0.826. The lowest BCUT2D eigenvalue weighted by Gasteiger charge is -1.98. The van der Waals surface area contributed by atoms with Crippen LogP contribution in [0.3, 0.4) is 0 Å². The van der Waals surface area contributed by atoms with E-state index in [2.05, 4.69) is 23.4 Å². The van der Waals surface area contributed by atoms with Crippen molar-refractivity contribution in [2.75, 3.05) is 0 Å². The fraction of sp³-hybridized carbons (Fsp3) is 0.273. The first-order valence-corrected chi connectivity index (χ1v) is 4.60. The molecule has 0 fully saturated rings. The van der Waals surface area contributed by atoms with Crippen LogP contribution in [-0.4, -0.2) is 15.0 Å². The molecule has 76 valence electrons. The van der Waals surface area contributed by atoms with E-state index in [1.165, 1.54) is 4.80 Å². The molecule has 0 bridgehead atoms. The first-order valence-electron chi connectivity index (χ1n) is 4.60. The van der Waals surface area contributed by atoms with Crippen LogP contribution in [0.5, 0.6) is 0 Å². The Bertz CT molecular complexity index is 307. The summed E-state index contributed by atoms with van der Waals surface area (Å²) in [6.45, 7) is 13.3. The lowest BCUT2D eigenvalue weighted by Crippen LogP contribution is -1.98. The molecule has 0 saturated heterocycles. The van der Waals surface area contributed by atoms with E-state index in [-0.39, 0.29) is 0 Å². The van der Waals surface area contributed by atoms with Gasteiger partial charge >= 0.3 is 0 Å². The molecule has 0 saturated carbocycles. The summed E-state index contributed by atoms with van der Waals surface area (Å²) in [7, 11) is 0. The van der Waals surface area contributed by atoms with Gasteiger partial charge in [-0.25, -0.2) is 0 Å². The number of allylic oxidation sites excluding steroid dienone is 4. The number of rotatable bonds is 3. The second-order valence-electron chi connectivity index (χ2n) is 2.44. The molecule has 0 unspecified atom stereocenters. The molecule has 0 N–H and O–H groups in total. The Morgan fingerprint density at radius 1 is 1.29 bits per heavy atom. The predicted octanol–water partition coefficient (Wildman–Crippen LogP) is 2.91. The highest BCUT2D eigenvalue weighted by atomic mass is 15.5. The molecule has 0 amide bonds. The molecule has 1 aromatic heterocycles. The summed E-state index contributed by atoms with van der Waals surface area (Å²) >= 11 is 0. The Hall–Kier alpha value is -1.64. The van der Waals surface area contributed by atoms with Crippen molar-refractivity contribution in [2.45, 2.75) is 20.8 Å². The molecule has 3 heteroatoms. The number of nitrogens with zero attached hydrogens (tertiary/aromatic N) is 3. The van der Waals surface area contributed by atoms with Crippen LogP contribution < -0.4 is 0 Å². The normalized spacial score (nSPS) is 10.1. The second-order valence-corrected chi connectivity index (χ2v) is 2.44. The van der Waals surface area contributed by atoms with Crippen molar-refractivity contribution < 1.29 is 0 Å². The molecule has 1 heterocycles. The van der Waals surface area contributed by atoms with Crippen LogP contribution in [0, 0.1) is 0 Å². The van der Waals surface area contributed by atoms with E-state index in [1.807, 2.05) is 26.8 Å². The molecule has 0 aliphatic heterocycles. The topological polar surface area (TPSA) is 30.7 Å². The molecule has 0 aromatic carbocycles. The van der Waals surface area contributed by atoms with E-state index < -0.39 is 0 Å². The molecular weight excluding hydrogens is 174 g/mol. The summed E-state index contributed by atoms with van der Waals surface area (Å²) in [5.41, 5.74) is 1.77. The average molecular weight is 191 g/mol. The van der Waals surface area contributed by atoms with Crippen molar-refractivity contribution in [1.82, 2.24) is 15.0 Å². The molecule has 0 aliphatic rings. The molecule has 1 aromatic rings. The quantitative estimate of drug-likeness (QED) is 0.688. The first-order chi connectivity index (χ1) is 6.74. The van der Waals surface area contributed by atoms with Crippen molar-refractivity contribution in [3.63, 3.8) is 0 Å². The van der Waals surface area contributed by atoms with Crippen LogP contribution in [0.4, 0.5) is 0 Å². The van der Waals surface area contributed by atoms with Crippen molar-refractivity contribution >= 4 is 5.70 Å². The Morgan fingerprint density at radius 2 is 1.79 bits per heavy atom. The van der Waals surface area contributed by atoms with E-state index in [0.29, 0.717) is 0 Å². The van der Waals surface area contributed by atoms with Gasteiger partial charge in [-0.3, -0.25) is 0 Å². The van der Waals surface area contributed by atoms with Gasteiger partial charge in [0.25, 0.3) is 0 Å². The molecule has 3 nitrogen and oxygen atoms in total. The highest BCUT2D eigenvalue weighted by molar-refractivity contribution is 5.57. The van der Waals surface area contributed by atoms with Crippen LogP contribution in [0.2, 0.25) is 0 Å². The lowest BCUT2D eigenvalue weighted by molar-refractivity contribution is 0.776. The van der Waals surface area contributed by atoms with Gasteiger partial charge in [-0.15, -0.1) is 0 Å². The van der Waals surface area contributed by atoms with E-state index in [4.69, 9.17) is 0 Å². The highest BCUT2D eigenvalue weighted by Crippen LogP contribution is 2.04. The summed E-state index contributed by atoms with van der Waals surface area (Å²) in [6, 6.07) is 0. The van der Waals surface area contributed by atoms with E-state index >= 15 is 0 Å². The fourth-order valence-electron chi connectivity index (χ4n) is 0.800. The summed E-state index contributed by atoms with van der Waals surface area (Å²) in [6.07, 6.45) is 6.80. The molecule has 1 rings (SSSR count). The van der Waals surface area contributed by atoms with Crippen LogP contribution in [0.15, 0.2) is 43.3 Å². The summed E-state index contributed by atoms with van der Waals surface area (Å²) in [5, 5.41) is 7.93. The van der Waals surface area contributed by atoms with Crippen LogP contribution in [0.1, 0.15) is 20.8 Å². The second kappa shape index (κ2) is 6.83. The average Bonchev–Trinajstić information content (AvgIpc) is 2.70. The third-order valence-corrected chi connectivity index (χ3v) is 1.25. The van der Waals surface area contributed by atoms with Gasteiger partial charge in [-0.1, -0.05) is 32.6 Å². The minimum absolute atomic E-state index is 0.826. The SMILES string of the molecule is C=C/C(=C\C(=C)C)n1nccn1.CC. The van der Waals surface area contributed by atoms with Crippen molar-refractivity contribution in [3.8, 4) is 0 Å². The Balaban J connectivity index is 0.000000791. The highest BCUT2D eigenvalue weighted by Gasteiger charge is 1.95. The fourth-order valence-corrected chi connectivity index (χ4v) is 0.800. The third-order valence-electron chi connectivity index (χ3n) is 1.25. The molecular formula is C11H17N3. The Morgan fingerprint density at radius 3 is 2.14 bits per heavy atom. The van der Waals surface area contributed by atoms with Gasteiger partial charge in [0, 0.05) is 0 Å². The van der Waals surface area contributed by atoms with Gasteiger partial charge in [-0.2, -0.15) is 15.0 Å². The van der Waals surface area contributed by atoms with E-state index in [0.717, 1.165) is 11.3 Å². The smallest absolute Gasteiger partial charge is 0.0853 e. The summed E-state index contributed by atoms with van der Waals surface area (Å²) < 4.78 is 0. The van der Waals surface area contributed by atoms with Crippen molar-refractivity contribution in [1.29, 1.82) is 0 Å². The van der Waals surface area contributed by atoms with E-state index in [1.54, 1.807) is 18.5 Å².